The topological polar surface area (TPSA) is 37.3 Å². The Morgan fingerprint density at radius 2 is 1.37 bits per heavy atom. The molecule has 2 heteroatoms. The lowest BCUT2D eigenvalue weighted by Gasteiger charge is -2.05. The first-order chi connectivity index (χ1) is 13.1. The number of carbonyl (C=O) groups excluding carboxylic acids is 1. The fourth-order valence-electron chi connectivity index (χ4n) is 3.44. The van der Waals surface area contributed by atoms with E-state index in [-0.39, 0.29) is 11.5 Å². The van der Waals surface area contributed by atoms with Gasteiger partial charge in [0.1, 0.15) is 5.75 Å². The molecule has 0 amide bonds. The van der Waals surface area contributed by atoms with Crippen molar-refractivity contribution in [3.63, 3.8) is 0 Å². The monoisotopic (exact) mass is 372 g/mol. The number of phenols is 1. The van der Waals surface area contributed by atoms with E-state index < -0.39 is 0 Å². The Balaban J connectivity index is 2.02. The molecule has 0 radical (unpaired) electrons. The van der Waals surface area contributed by atoms with Crippen molar-refractivity contribution in [2.24, 2.45) is 0 Å². The SMILES string of the molecule is CCCCCCCCCCCCCCCc1ccc(/C=C/C(C)=O)c(O)c1. The lowest BCUT2D eigenvalue weighted by Crippen LogP contribution is -1.88. The Labute approximate surface area is 167 Å². The summed E-state index contributed by atoms with van der Waals surface area (Å²) in [7, 11) is 0. The maximum absolute atomic E-state index is 11.0. The van der Waals surface area contributed by atoms with Crippen molar-refractivity contribution in [3.05, 3.63) is 35.4 Å². The lowest BCUT2D eigenvalue weighted by molar-refractivity contribution is -0.112. The van der Waals surface area contributed by atoms with Crippen LogP contribution in [0.1, 0.15) is 108 Å². The van der Waals surface area contributed by atoms with Crippen LogP contribution in [-0.2, 0) is 11.2 Å². The molecule has 0 unspecified atom stereocenters. The molecule has 0 saturated carbocycles. The van der Waals surface area contributed by atoms with E-state index in [0.29, 0.717) is 5.56 Å². The largest absolute Gasteiger partial charge is 0.507 e. The summed E-state index contributed by atoms with van der Waals surface area (Å²) in [5.74, 6) is 0.255. The number of allylic oxidation sites excluding steroid dienone is 1. The van der Waals surface area contributed by atoms with Gasteiger partial charge in [-0.2, -0.15) is 0 Å². The van der Waals surface area contributed by atoms with Gasteiger partial charge < -0.3 is 5.11 Å². The van der Waals surface area contributed by atoms with Crippen LogP contribution in [0.2, 0.25) is 0 Å². The van der Waals surface area contributed by atoms with Gasteiger partial charge in [-0.3, -0.25) is 4.79 Å². The zero-order chi connectivity index (χ0) is 19.7. The Kier molecular flexibility index (Phi) is 13.5. The van der Waals surface area contributed by atoms with E-state index in [0.717, 1.165) is 6.42 Å². The van der Waals surface area contributed by atoms with Crippen molar-refractivity contribution in [1.29, 1.82) is 0 Å². The molecule has 2 nitrogen and oxygen atoms in total. The van der Waals surface area contributed by atoms with Crippen molar-refractivity contribution in [1.82, 2.24) is 0 Å². The summed E-state index contributed by atoms with van der Waals surface area (Å²) in [4.78, 5) is 11.0. The quantitative estimate of drug-likeness (QED) is 0.239. The van der Waals surface area contributed by atoms with Crippen LogP contribution < -0.4 is 0 Å². The Morgan fingerprint density at radius 3 is 1.85 bits per heavy atom. The zero-order valence-electron chi connectivity index (χ0n) is 17.6. The van der Waals surface area contributed by atoms with Gasteiger partial charge in [0.25, 0.3) is 0 Å². The van der Waals surface area contributed by atoms with Gasteiger partial charge in [-0.1, -0.05) is 96.1 Å². The number of benzene rings is 1. The Hall–Kier alpha value is -1.57. The molecule has 1 aromatic carbocycles. The van der Waals surface area contributed by atoms with Gasteiger partial charge in [-0.05, 0) is 43.5 Å². The summed E-state index contributed by atoms with van der Waals surface area (Å²) in [6, 6.07) is 5.78. The molecule has 0 bridgehead atoms. The second-order valence-corrected chi connectivity index (χ2v) is 7.83. The van der Waals surface area contributed by atoms with Gasteiger partial charge >= 0.3 is 0 Å². The zero-order valence-corrected chi connectivity index (χ0v) is 17.6. The number of aromatic hydroxyl groups is 1. The van der Waals surface area contributed by atoms with E-state index >= 15 is 0 Å². The van der Waals surface area contributed by atoms with E-state index in [2.05, 4.69) is 13.0 Å². The summed E-state index contributed by atoms with van der Waals surface area (Å²) in [6.45, 7) is 3.78. The van der Waals surface area contributed by atoms with Gasteiger partial charge in [0, 0.05) is 5.56 Å². The standard InChI is InChI=1S/C25H40O2/c1-3-4-5-6-7-8-9-10-11-12-13-14-15-16-23-18-20-24(25(27)21-23)19-17-22(2)26/h17-21,27H,3-16H2,1-2H3/b19-17+. The minimum Gasteiger partial charge on any atom is -0.507 e. The first kappa shape index (κ1) is 23.5. The third-order valence-electron chi connectivity index (χ3n) is 5.16. The number of phenolic OH excluding ortho intramolecular Hbond substituents is 1. The Morgan fingerprint density at radius 1 is 0.852 bits per heavy atom. The highest BCUT2D eigenvalue weighted by atomic mass is 16.3. The summed E-state index contributed by atoms with van der Waals surface area (Å²) in [5, 5.41) is 10.0. The number of unbranched alkanes of at least 4 members (excludes halogenated alkanes) is 12. The van der Waals surface area contributed by atoms with Crippen LogP contribution in [0.3, 0.4) is 0 Å². The average Bonchev–Trinajstić information content (AvgIpc) is 2.64. The first-order valence-electron chi connectivity index (χ1n) is 11.1. The summed E-state index contributed by atoms with van der Waals surface area (Å²) in [6.07, 6.45) is 21.9. The number of hydrogen-bond donors (Lipinski definition) is 1. The average molecular weight is 373 g/mol. The number of aryl methyl sites for hydroxylation is 1. The van der Waals surface area contributed by atoms with Crippen LogP contribution in [0.25, 0.3) is 6.08 Å². The van der Waals surface area contributed by atoms with Gasteiger partial charge in [0.15, 0.2) is 5.78 Å². The number of carbonyl (C=O) groups is 1. The molecular weight excluding hydrogens is 332 g/mol. The van der Waals surface area contributed by atoms with Crippen molar-refractivity contribution in [3.8, 4) is 5.75 Å². The number of hydrogen-bond acceptors (Lipinski definition) is 2. The highest BCUT2D eigenvalue weighted by Gasteiger charge is 2.01. The summed E-state index contributed by atoms with van der Waals surface area (Å²) < 4.78 is 0. The van der Waals surface area contributed by atoms with Crippen molar-refractivity contribution < 1.29 is 9.90 Å². The molecule has 0 aliphatic carbocycles. The molecule has 1 N–H and O–H groups in total. The predicted molar refractivity (Wildman–Crippen MR) is 117 cm³/mol. The second kappa shape index (κ2) is 15.5. The smallest absolute Gasteiger partial charge is 0.152 e. The molecule has 0 spiro atoms. The minimum atomic E-state index is -0.00884. The molecule has 1 rings (SSSR count). The molecule has 152 valence electrons. The third kappa shape index (κ3) is 12.4. The maximum atomic E-state index is 11.0. The molecule has 0 aliphatic heterocycles. The fourth-order valence-corrected chi connectivity index (χ4v) is 3.44. The molecule has 0 heterocycles. The highest BCUT2D eigenvalue weighted by Crippen LogP contribution is 2.22. The van der Waals surface area contributed by atoms with E-state index in [1.54, 1.807) is 6.08 Å². The molecule has 27 heavy (non-hydrogen) atoms. The molecule has 0 aliphatic rings. The van der Waals surface area contributed by atoms with Crippen LogP contribution in [0.15, 0.2) is 24.3 Å². The van der Waals surface area contributed by atoms with Crippen LogP contribution in [0, 0.1) is 0 Å². The summed E-state index contributed by atoms with van der Waals surface area (Å²) >= 11 is 0. The third-order valence-corrected chi connectivity index (χ3v) is 5.16. The second-order valence-electron chi connectivity index (χ2n) is 7.83. The van der Waals surface area contributed by atoms with Gasteiger partial charge in [-0.25, -0.2) is 0 Å². The molecule has 1 aromatic rings. The maximum Gasteiger partial charge on any atom is 0.152 e. The van der Waals surface area contributed by atoms with Crippen LogP contribution in [0.4, 0.5) is 0 Å². The van der Waals surface area contributed by atoms with Crippen LogP contribution >= 0.6 is 0 Å². The molecule has 0 saturated heterocycles. The van der Waals surface area contributed by atoms with Gasteiger partial charge in [0.05, 0.1) is 0 Å². The molecular formula is C25H40O2. The highest BCUT2D eigenvalue weighted by molar-refractivity contribution is 5.91. The fraction of sp³-hybridized carbons (Fsp3) is 0.640. The van der Waals surface area contributed by atoms with E-state index in [1.807, 2.05) is 12.1 Å². The molecule has 0 aromatic heterocycles. The van der Waals surface area contributed by atoms with Gasteiger partial charge in [0.2, 0.25) is 0 Å². The van der Waals surface area contributed by atoms with Crippen LogP contribution in [0.5, 0.6) is 5.75 Å². The van der Waals surface area contributed by atoms with E-state index in [1.165, 1.54) is 102 Å². The molecule has 0 fully saturated rings. The van der Waals surface area contributed by atoms with Crippen molar-refractivity contribution in [2.45, 2.75) is 104 Å². The Bertz CT molecular complexity index is 545. The number of rotatable bonds is 16. The summed E-state index contributed by atoms with van der Waals surface area (Å²) in [5.41, 5.74) is 1.88. The normalized spacial score (nSPS) is 11.3. The number of ketones is 1. The van der Waals surface area contributed by atoms with E-state index in [9.17, 15) is 9.90 Å². The van der Waals surface area contributed by atoms with Gasteiger partial charge in [-0.15, -0.1) is 0 Å². The molecule has 0 atom stereocenters. The lowest BCUT2D eigenvalue weighted by atomic mass is 10.0. The van der Waals surface area contributed by atoms with Crippen molar-refractivity contribution in [2.75, 3.05) is 0 Å². The first-order valence-corrected chi connectivity index (χ1v) is 11.1. The van der Waals surface area contributed by atoms with E-state index in [4.69, 9.17) is 0 Å². The van der Waals surface area contributed by atoms with Crippen molar-refractivity contribution >= 4 is 11.9 Å². The predicted octanol–water partition coefficient (Wildman–Crippen LogP) is 7.63. The minimum absolute atomic E-state index is 0.00884. The van der Waals surface area contributed by atoms with Crippen LogP contribution in [-0.4, -0.2) is 10.9 Å².